The molecule has 1 aliphatic rings. The second kappa shape index (κ2) is 6.73. The van der Waals surface area contributed by atoms with E-state index in [1.54, 1.807) is 0 Å². The largest absolute Gasteiger partial charge is 0.361 e. The number of hydrogen-bond acceptors (Lipinski definition) is 2. The van der Waals surface area contributed by atoms with E-state index in [9.17, 15) is 4.79 Å². The molecule has 4 rings (SSSR count). The van der Waals surface area contributed by atoms with Crippen molar-refractivity contribution in [1.29, 1.82) is 0 Å². The molecule has 1 amide bonds. The third-order valence-corrected chi connectivity index (χ3v) is 5.20. The lowest BCUT2D eigenvalue weighted by molar-refractivity contribution is 0.0936. The van der Waals surface area contributed by atoms with Crippen LogP contribution in [-0.4, -0.2) is 34.9 Å². The van der Waals surface area contributed by atoms with Crippen LogP contribution in [0.15, 0.2) is 60.8 Å². The summed E-state index contributed by atoms with van der Waals surface area (Å²) in [7, 11) is 0. The Labute approximate surface area is 147 Å². The predicted molar refractivity (Wildman–Crippen MR) is 101 cm³/mol. The second-order valence-electron chi connectivity index (χ2n) is 6.82. The Kier molecular flexibility index (Phi) is 4.28. The standard InChI is InChI=1S/C21H23N3O/c1-15(16-5-3-2-4-6-16)24-12-10-19(14-24)23-21(25)18-8-7-17-9-11-22-20(17)13-18/h2-9,11,13,15,19,22H,10,12,14H2,1H3,(H,23,25)/t15-,19-/m0/s1. The van der Waals surface area contributed by atoms with Crippen LogP contribution < -0.4 is 5.32 Å². The van der Waals surface area contributed by atoms with Gasteiger partial charge in [-0.1, -0.05) is 36.4 Å². The Morgan fingerprint density at radius 3 is 2.88 bits per heavy atom. The summed E-state index contributed by atoms with van der Waals surface area (Å²) < 4.78 is 0. The van der Waals surface area contributed by atoms with Crippen LogP contribution in [0.2, 0.25) is 0 Å². The van der Waals surface area contributed by atoms with Crippen LogP contribution in [0, 0.1) is 0 Å². The molecular weight excluding hydrogens is 310 g/mol. The molecular formula is C21H23N3O. The van der Waals surface area contributed by atoms with Gasteiger partial charge in [0.25, 0.3) is 5.91 Å². The van der Waals surface area contributed by atoms with Crippen LogP contribution in [0.25, 0.3) is 10.9 Å². The van der Waals surface area contributed by atoms with E-state index in [-0.39, 0.29) is 11.9 Å². The smallest absolute Gasteiger partial charge is 0.251 e. The summed E-state index contributed by atoms with van der Waals surface area (Å²) in [5.74, 6) is 0.00992. The number of rotatable bonds is 4. The topological polar surface area (TPSA) is 48.1 Å². The van der Waals surface area contributed by atoms with E-state index in [0.717, 1.165) is 30.4 Å². The molecule has 4 heteroatoms. The van der Waals surface area contributed by atoms with Crippen molar-refractivity contribution < 1.29 is 4.79 Å². The minimum Gasteiger partial charge on any atom is -0.361 e. The van der Waals surface area contributed by atoms with Crippen LogP contribution in [0.3, 0.4) is 0 Å². The zero-order chi connectivity index (χ0) is 17.2. The Morgan fingerprint density at radius 2 is 2.04 bits per heavy atom. The van der Waals surface area contributed by atoms with Crippen LogP contribution >= 0.6 is 0 Å². The molecule has 1 aliphatic heterocycles. The Bertz CT molecular complexity index is 871. The van der Waals surface area contributed by atoms with Crippen molar-refractivity contribution in [2.75, 3.05) is 13.1 Å². The maximum atomic E-state index is 12.6. The quantitative estimate of drug-likeness (QED) is 0.764. The number of hydrogen-bond donors (Lipinski definition) is 2. The van der Waals surface area contributed by atoms with Crippen LogP contribution in [-0.2, 0) is 0 Å². The first-order chi connectivity index (χ1) is 12.2. The van der Waals surface area contributed by atoms with Crippen molar-refractivity contribution >= 4 is 16.8 Å². The average molecular weight is 333 g/mol. The van der Waals surface area contributed by atoms with E-state index >= 15 is 0 Å². The molecule has 25 heavy (non-hydrogen) atoms. The molecule has 2 heterocycles. The SMILES string of the molecule is C[C@@H](c1ccccc1)N1CC[C@H](NC(=O)c2ccc3cc[nH]c3c2)C1. The molecule has 128 valence electrons. The highest BCUT2D eigenvalue weighted by Crippen LogP contribution is 2.24. The molecule has 0 bridgehead atoms. The summed E-state index contributed by atoms with van der Waals surface area (Å²) in [6.07, 6.45) is 2.89. The normalized spacial score (nSPS) is 19.2. The maximum Gasteiger partial charge on any atom is 0.251 e. The maximum absolute atomic E-state index is 12.6. The molecule has 0 spiro atoms. The van der Waals surface area contributed by atoms with Crippen molar-refractivity contribution in [3.05, 3.63) is 71.9 Å². The molecule has 0 saturated carbocycles. The fourth-order valence-electron chi connectivity index (χ4n) is 3.66. The summed E-state index contributed by atoms with van der Waals surface area (Å²) in [6.45, 7) is 4.14. The number of likely N-dealkylation sites (tertiary alicyclic amines) is 1. The molecule has 1 aromatic heterocycles. The number of H-pyrrole nitrogens is 1. The van der Waals surface area contributed by atoms with Gasteiger partial charge in [-0.15, -0.1) is 0 Å². The number of carbonyl (C=O) groups excluding carboxylic acids is 1. The fraction of sp³-hybridized carbons (Fsp3) is 0.286. The third kappa shape index (κ3) is 3.30. The third-order valence-electron chi connectivity index (χ3n) is 5.20. The molecule has 2 N–H and O–H groups in total. The first kappa shape index (κ1) is 15.9. The van der Waals surface area contributed by atoms with Crippen LogP contribution in [0.4, 0.5) is 0 Å². The molecule has 4 nitrogen and oxygen atoms in total. The predicted octanol–water partition coefficient (Wildman–Crippen LogP) is 3.73. The van der Waals surface area contributed by atoms with Crippen molar-refractivity contribution in [2.45, 2.75) is 25.4 Å². The molecule has 0 radical (unpaired) electrons. The fourth-order valence-corrected chi connectivity index (χ4v) is 3.66. The van der Waals surface area contributed by atoms with E-state index in [2.05, 4.69) is 46.4 Å². The highest BCUT2D eigenvalue weighted by Gasteiger charge is 2.27. The Balaban J connectivity index is 1.39. The molecule has 1 saturated heterocycles. The van der Waals surface area contributed by atoms with Gasteiger partial charge in [0.05, 0.1) is 0 Å². The summed E-state index contributed by atoms with van der Waals surface area (Å²) >= 11 is 0. The van der Waals surface area contributed by atoms with Gasteiger partial charge in [0.2, 0.25) is 0 Å². The highest BCUT2D eigenvalue weighted by atomic mass is 16.1. The zero-order valence-corrected chi connectivity index (χ0v) is 14.4. The van der Waals surface area contributed by atoms with Gasteiger partial charge in [-0.25, -0.2) is 0 Å². The van der Waals surface area contributed by atoms with E-state index < -0.39 is 0 Å². The van der Waals surface area contributed by atoms with Gasteiger partial charge in [-0.3, -0.25) is 9.69 Å². The van der Waals surface area contributed by atoms with Crippen molar-refractivity contribution in [2.24, 2.45) is 0 Å². The number of benzene rings is 2. The first-order valence-electron chi connectivity index (χ1n) is 8.88. The summed E-state index contributed by atoms with van der Waals surface area (Å²) in [5.41, 5.74) is 3.04. The minimum absolute atomic E-state index is 0.00992. The monoisotopic (exact) mass is 333 g/mol. The van der Waals surface area contributed by atoms with Crippen LogP contribution in [0.1, 0.15) is 35.3 Å². The second-order valence-corrected chi connectivity index (χ2v) is 6.82. The van der Waals surface area contributed by atoms with Gasteiger partial charge in [0.1, 0.15) is 0 Å². The lowest BCUT2D eigenvalue weighted by Crippen LogP contribution is -2.37. The number of aromatic amines is 1. The van der Waals surface area contributed by atoms with Gasteiger partial charge < -0.3 is 10.3 Å². The Morgan fingerprint density at radius 1 is 1.20 bits per heavy atom. The number of nitrogens with zero attached hydrogens (tertiary/aromatic N) is 1. The molecule has 0 aliphatic carbocycles. The van der Waals surface area contributed by atoms with E-state index in [0.29, 0.717) is 11.6 Å². The zero-order valence-electron chi connectivity index (χ0n) is 14.4. The lowest BCUT2D eigenvalue weighted by atomic mass is 10.1. The number of nitrogens with one attached hydrogen (secondary N) is 2. The lowest BCUT2D eigenvalue weighted by Gasteiger charge is -2.24. The number of carbonyl (C=O) groups is 1. The van der Waals surface area contributed by atoms with Gasteiger partial charge in [-0.05, 0) is 42.5 Å². The molecule has 0 unspecified atom stereocenters. The first-order valence-corrected chi connectivity index (χ1v) is 8.88. The summed E-state index contributed by atoms with van der Waals surface area (Å²) in [5, 5.41) is 4.32. The van der Waals surface area contributed by atoms with Gasteiger partial charge in [0, 0.05) is 42.5 Å². The van der Waals surface area contributed by atoms with E-state index in [1.165, 1.54) is 5.56 Å². The van der Waals surface area contributed by atoms with Gasteiger partial charge >= 0.3 is 0 Å². The van der Waals surface area contributed by atoms with Crippen molar-refractivity contribution in [3.63, 3.8) is 0 Å². The summed E-state index contributed by atoms with van der Waals surface area (Å²) in [6, 6.07) is 18.9. The van der Waals surface area contributed by atoms with Gasteiger partial charge in [0.15, 0.2) is 0 Å². The van der Waals surface area contributed by atoms with E-state index in [4.69, 9.17) is 0 Å². The minimum atomic E-state index is 0.00992. The van der Waals surface area contributed by atoms with Crippen molar-refractivity contribution in [3.8, 4) is 0 Å². The Hall–Kier alpha value is -2.59. The summed E-state index contributed by atoms with van der Waals surface area (Å²) in [4.78, 5) is 18.2. The molecule has 1 fully saturated rings. The van der Waals surface area contributed by atoms with Gasteiger partial charge in [-0.2, -0.15) is 0 Å². The number of amides is 1. The van der Waals surface area contributed by atoms with Crippen LogP contribution in [0.5, 0.6) is 0 Å². The molecule has 2 aromatic carbocycles. The highest BCUT2D eigenvalue weighted by molar-refractivity contribution is 5.98. The average Bonchev–Trinajstić information content (AvgIpc) is 3.30. The number of aromatic nitrogens is 1. The van der Waals surface area contributed by atoms with Crippen molar-refractivity contribution in [1.82, 2.24) is 15.2 Å². The number of fused-ring (bicyclic) bond motifs is 1. The van der Waals surface area contributed by atoms with E-state index in [1.807, 2.05) is 36.5 Å². The molecule has 2 atom stereocenters. The molecule has 3 aromatic rings.